The van der Waals surface area contributed by atoms with Gasteiger partial charge in [-0.2, -0.15) is 0 Å². The predicted octanol–water partition coefficient (Wildman–Crippen LogP) is 2.69. The van der Waals surface area contributed by atoms with Crippen molar-refractivity contribution in [3.63, 3.8) is 0 Å². The fraction of sp³-hybridized carbons (Fsp3) is 0.400. The molecule has 1 saturated carbocycles. The average molecular weight is 219 g/mol. The van der Waals surface area contributed by atoms with Crippen molar-refractivity contribution in [2.75, 3.05) is 0 Å². The third-order valence-corrected chi connectivity index (χ3v) is 2.77. The molecule has 76 valence electrons. The van der Waals surface area contributed by atoms with Gasteiger partial charge in [0, 0.05) is 6.42 Å². The zero-order valence-corrected chi connectivity index (χ0v) is 8.11. The molecule has 4 heteroatoms. The topological polar surface area (TPSA) is 20.2 Å². The van der Waals surface area contributed by atoms with Gasteiger partial charge < -0.3 is 5.11 Å². The zero-order valence-electron chi connectivity index (χ0n) is 7.36. The first kappa shape index (κ1) is 9.87. The maximum atomic E-state index is 13.0. The monoisotopic (exact) mass is 218 g/mol. The Morgan fingerprint density at radius 1 is 1.29 bits per heavy atom. The molecule has 2 rings (SSSR count). The van der Waals surface area contributed by atoms with E-state index >= 15 is 0 Å². The maximum absolute atomic E-state index is 13.0. The molecule has 0 atom stereocenters. The SMILES string of the molecule is OC1(Cc2cc(F)c(Cl)c(F)c2)CC1. The number of hydrogen-bond acceptors (Lipinski definition) is 1. The lowest BCUT2D eigenvalue weighted by Crippen LogP contribution is -2.11. The van der Waals surface area contributed by atoms with Gasteiger partial charge in [0.1, 0.15) is 16.7 Å². The molecule has 14 heavy (non-hydrogen) atoms. The van der Waals surface area contributed by atoms with Crippen molar-refractivity contribution in [2.24, 2.45) is 0 Å². The summed E-state index contributed by atoms with van der Waals surface area (Å²) in [5, 5.41) is 9.07. The number of rotatable bonds is 2. The lowest BCUT2D eigenvalue weighted by Gasteiger charge is -2.08. The maximum Gasteiger partial charge on any atom is 0.145 e. The van der Waals surface area contributed by atoms with Gasteiger partial charge in [0.25, 0.3) is 0 Å². The summed E-state index contributed by atoms with van der Waals surface area (Å²) in [4.78, 5) is 0. The molecule has 1 fully saturated rings. The largest absolute Gasteiger partial charge is 0.390 e. The van der Waals surface area contributed by atoms with E-state index in [1.54, 1.807) is 0 Å². The molecule has 1 N–H and O–H groups in total. The molecule has 1 aliphatic rings. The van der Waals surface area contributed by atoms with Crippen LogP contribution in [0.25, 0.3) is 0 Å². The Kier molecular flexibility index (Phi) is 2.24. The molecule has 1 nitrogen and oxygen atoms in total. The van der Waals surface area contributed by atoms with Gasteiger partial charge in [-0.25, -0.2) is 8.78 Å². The first-order valence-electron chi connectivity index (χ1n) is 4.36. The summed E-state index contributed by atoms with van der Waals surface area (Å²) < 4.78 is 26.0. The molecular formula is C10H9ClF2O. The van der Waals surface area contributed by atoms with Crippen LogP contribution in [0.15, 0.2) is 12.1 Å². The first-order chi connectivity index (χ1) is 6.50. The molecule has 1 aliphatic carbocycles. The van der Waals surface area contributed by atoms with E-state index in [9.17, 15) is 13.9 Å². The Hall–Kier alpha value is -0.670. The summed E-state index contributed by atoms with van der Waals surface area (Å²) >= 11 is 5.32. The summed E-state index contributed by atoms with van der Waals surface area (Å²) in [5.74, 6) is -1.54. The van der Waals surface area contributed by atoms with Crippen LogP contribution in [0.1, 0.15) is 18.4 Å². The van der Waals surface area contributed by atoms with E-state index < -0.39 is 22.3 Å². The fourth-order valence-electron chi connectivity index (χ4n) is 1.41. The third kappa shape index (κ3) is 1.88. The molecule has 0 spiro atoms. The van der Waals surface area contributed by atoms with E-state index in [4.69, 9.17) is 11.6 Å². The van der Waals surface area contributed by atoms with E-state index in [0.717, 1.165) is 0 Å². The molecule has 0 amide bonds. The van der Waals surface area contributed by atoms with Crippen LogP contribution in [0.2, 0.25) is 5.02 Å². The number of hydrogen-bond donors (Lipinski definition) is 1. The van der Waals surface area contributed by atoms with Crippen molar-refractivity contribution < 1.29 is 13.9 Å². The van der Waals surface area contributed by atoms with Crippen molar-refractivity contribution >= 4 is 11.6 Å². The van der Waals surface area contributed by atoms with Gasteiger partial charge in [-0.1, -0.05) is 11.6 Å². The second-order valence-corrected chi connectivity index (χ2v) is 4.15. The van der Waals surface area contributed by atoms with Gasteiger partial charge in [0.15, 0.2) is 0 Å². The van der Waals surface area contributed by atoms with Gasteiger partial charge in [-0.05, 0) is 30.5 Å². The molecule has 0 unspecified atom stereocenters. The first-order valence-corrected chi connectivity index (χ1v) is 4.74. The normalized spacial score (nSPS) is 18.3. The lowest BCUT2D eigenvalue weighted by atomic mass is 10.1. The van der Waals surface area contributed by atoms with Crippen LogP contribution in [0.3, 0.4) is 0 Å². The van der Waals surface area contributed by atoms with E-state index in [-0.39, 0.29) is 6.42 Å². The van der Waals surface area contributed by atoms with Crippen molar-refractivity contribution in [3.05, 3.63) is 34.4 Å². The molecule has 0 heterocycles. The summed E-state index contributed by atoms with van der Waals surface area (Å²) in [6.07, 6.45) is 1.68. The van der Waals surface area contributed by atoms with Crippen molar-refractivity contribution in [2.45, 2.75) is 24.9 Å². The van der Waals surface area contributed by atoms with Crippen molar-refractivity contribution in [1.82, 2.24) is 0 Å². The minimum absolute atomic E-state index is 0.290. The molecule has 0 aliphatic heterocycles. The highest BCUT2D eigenvalue weighted by molar-refractivity contribution is 6.30. The van der Waals surface area contributed by atoms with Crippen LogP contribution in [0.5, 0.6) is 0 Å². The number of halogens is 3. The summed E-state index contributed by atoms with van der Waals surface area (Å²) in [6, 6.07) is 2.34. The molecule has 1 aromatic carbocycles. The van der Waals surface area contributed by atoms with Gasteiger partial charge in [0.2, 0.25) is 0 Å². The van der Waals surface area contributed by atoms with E-state index in [1.807, 2.05) is 0 Å². The van der Waals surface area contributed by atoms with Crippen molar-refractivity contribution in [3.8, 4) is 0 Å². The van der Waals surface area contributed by atoms with E-state index in [0.29, 0.717) is 18.4 Å². The smallest absolute Gasteiger partial charge is 0.145 e. The van der Waals surface area contributed by atoms with Gasteiger partial charge in [0.05, 0.1) is 5.60 Å². The summed E-state index contributed by atoms with van der Waals surface area (Å²) in [6.45, 7) is 0. The molecule has 1 aromatic rings. The Morgan fingerprint density at radius 2 is 1.79 bits per heavy atom. The summed E-state index contributed by atoms with van der Waals surface area (Å²) in [5.41, 5.74) is -0.295. The Morgan fingerprint density at radius 3 is 2.21 bits per heavy atom. The van der Waals surface area contributed by atoms with Crippen LogP contribution < -0.4 is 0 Å². The van der Waals surface area contributed by atoms with Crippen LogP contribution in [0.4, 0.5) is 8.78 Å². The quantitative estimate of drug-likeness (QED) is 0.757. The minimum atomic E-state index is -0.772. The molecule has 0 saturated heterocycles. The fourth-order valence-corrected chi connectivity index (χ4v) is 1.52. The van der Waals surface area contributed by atoms with E-state index in [2.05, 4.69) is 0 Å². The lowest BCUT2D eigenvalue weighted by molar-refractivity contribution is 0.151. The Labute approximate surface area is 85.3 Å². The molecule has 0 radical (unpaired) electrons. The highest BCUT2D eigenvalue weighted by Gasteiger charge is 2.40. The van der Waals surface area contributed by atoms with Crippen LogP contribution >= 0.6 is 11.6 Å². The molecule has 0 bridgehead atoms. The number of aliphatic hydroxyl groups is 1. The van der Waals surface area contributed by atoms with Gasteiger partial charge >= 0.3 is 0 Å². The third-order valence-electron chi connectivity index (χ3n) is 2.40. The number of benzene rings is 1. The van der Waals surface area contributed by atoms with Crippen LogP contribution in [0, 0.1) is 11.6 Å². The van der Waals surface area contributed by atoms with Gasteiger partial charge in [-0.15, -0.1) is 0 Å². The standard InChI is InChI=1S/C10H9ClF2O/c11-9-7(12)3-6(4-8(9)13)5-10(14)1-2-10/h3-4,14H,1-2,5H2. The van der Waals surface area contributed by atoms with Crippen molar-refractivity contribution in [1.29, 1.82) is 0 Å². The molecule has 0 aromatic heterocycles. The summed E-state index contributed by atoms with van der Waals surface area (Å²) in [7, 11) is 0. The second kappa shape index (κ2) is 3.17. The zero-order chi connectivity index (χ0) is 10.3. The molecular weight excluding hydrogens is 210 g/mol. The Bertz CT molecular complexity index is 351. The Balaban J connectivity index is 2.26. The van der Waals surface area contributed by atoms with Gasteiger partial charge in [-0.3, -0.25) is 0 Å². The van der Waals surface area contributed by atoms with Crippen LogP contribution in [-0.2, 0) is 6.42 Å². The van der Waals surface area contributed by atoms with E-state index in [1.165, 1.54) is 12.1 Å². The predicted molar refractivity (Wildman–Crippen MR) is 49.3 cm³/mol. The highest BCUT2D eigenvalue weighted by Crippen LogP contribution is 2.38. The van der Waals surface area contributed by atoms with Crippen LogP contribution in [-0.4, -0.2) is 10.7 Å². The minimum Gasteiger partial charge on any atom is -0.390 e. The average Bonchev–Trinajstić information content (AvgIpc) is 2.79. The highest BCUT2D eigenvalue weighted by atomic mass is 35.5. The second-order valence-electron chi connectivity index (χ2n) is 3.77.